The quantitative estimate of drug-likeness (QED) is 0.846. The number of amides is 1. The minimum absolute atomic E-state index is 0.109. The molecule has 21 heavy (non-hydrogen) atoms. The highest BCUT2D eigenvalue weighted by atomic mass is 35.5. The molecule has 1 atom stereocenters. The third-order valence-electron chi connectivity index (χ3n) is 3.51. The molecule has 0 bridgehead atoms. The molecule has 1 saturated carbocycles. The molecule has 0 aliphatic heterocycles. The fourth-order valence-electron chi connectivity index (χ4n) is 2.39. The predicted octanol–water partition coefficient (Wildman–Crippen LogP) is 2.54. The van der Waals surface area contributed by atoms with Crippen LogP contribution in [0, 0.1) is 0 Å². The second-order valence-corrected chi connectivity index (χ2v) is 5.54. The van der Waals surface area contributed by atoms with Crippen molar-refractivity contribution >= 4 is 23.5 Å². The number of nitrogens with one attached hydrogen (secondary N) is 1. The summed E-state index contributed by atoms with van der Waals surface area (Å²) in [5, 5.41) is 12.2. The summed E-state index contributed by atoms with van der Waals surface area (Å²) in [7, 11) is 0. The molecule has 1 fully saturated rings. The molecule has 0 spiro atoms. The molecule has 1 unspecified atom stereocenters. The van der Waals surface area contributed by atoms with Gasteiger partial charge in [0, 0.05) is 5.02 Å². The van der Waals surface area contributed by atoms with Crippen molar-refractivity contribution in [2.45, 2.75) is 37.8 Å². The zero-order chi connectivity index (χ0) is 15.2. The lowest BCUT2D eigenvalue weighted by Crippen LogP contribution is -2.36. The van der Waals surface area contributed by atoms with Gasteiger partial charge in [-0.1, -0.05) is 36.6 Å². The molecule has 0 radical (unpaired) electrons. The predicted molar refractivity (Wildman–Crippen MR) is 78.2 cm³/mol. The fraction of sp³-hybridized carbons (Fsp3) is 0.467. The van der Waals surface area contributed by atoms with Gasteiger partial charge in [0.2, 0.25) is 5.91 Å². The van der Waals surface area contributed by atoms with Crippen LogP contribution in [0.1, 0.15) is 37.3 Å². The summed E-state index contributed by atoms with van der Waals surface area (Å²) in [4.78, 5) is 23.1. The number of carbonyl (C=O) groups excluding carboxylic acids is 1. The molecule has 2 N–H and O–H groups in total. The van der Waals surface area contributed by atoms with Gasteiger partial charge in [-0.15, -0.1) is 0 Å². The highest BCUT2D eigenvalue weighted by Gasteiger charge is 2.23. The Morgan fingerprint density at radius 1 is 1.29 bits per heavy atom. The van der Waals surface area contributed by atoms with Crippen LogP contribution in [0.5, 0.6) is 0 Å². The summed E-state index contributed by atoms with van der Waals surface area (Å²) in [6.45, 7) is -0.109. The van der Waals surface area contributed by atoms with E-state index in [0.717, 1.165) is 25.7 Å². The van der Waals surface area contributed by atoms with Gasteiger partial charge in [0.15, 0.2) is 6.04 Å². The first kappa shape index (κ1) is 15.8. The van der Waals surface area contributed by atoms with Gasteiger partial charge < -0.3 is 15.2 Å². The molecule has 0 heterocycles. The standard InChI is InChI=1S/C15H18ClNO4/c16-11-7-5-10(6-8-11)14(15(19)20)17-13(18)9-21-12-3-1-2-4-12/h5-8,12,14H,1-4,9H2,(H,17,18)(H,19,20). The van der Waals surface area contributed by atoms with E-state index in [9.17, 15) is 14.7 Å². The zero-order valence-corrected chi connectivity index (χ0v) is 12.3. The monoisotopic (exact) mass is 311 g/mol. The molecule has 114 valence electrons. The molecule has 0 saturated heterocycles. The summed E-state index contributed by atoms with van der Waals surface area (Å²) in [6.07, 6.45) is 4.29. The van der Waals surface area contributed by atoms with Crippen LogP contribution < -0.4 is 5.32 Å². The van der Waals surface area contributed by atoms with Crippen molar-refractivity contribution in [2.24, 2.45) is 0 Å². The summed E-state index contributed by atoms with van der Waals surface area (Å²) in [5.74, 6) is -1.55. The molecule has 1 aromatic carbocycles. The van der Waals surface area contributed by atoms with Crippen LogP contribution in [0.15, 0.2) is 24.3 Å². The molecular weight excluding hydrogens is 294 g/mol. The molecule has 5 nitrogen and oxygen atoms in total. The summed E-state index contributed by atoms with van der Waals surface area (Å²) in [6, 6.07) is 5.25. The minimum Gasteiger partial charge on any atom is -0.479 e. The number of hydrogen-bond acceptors (Lipinski definition) is 3. The van der Waals surface area contributed by atoms with Gasteiger partial charge in [-0.25, -0.2) is 4.79 Å². The van der Waals surface area contributed by atoms with Crippen molar-refractivity contribution in [1.29, 1.82) is 0 Å². The van der Waals surface area contributed by atoms with E-state index in [-0.39, 0.29) is 12.7 Å². The molecule has 0 aromatic heterocycles. The Morgan fingerprint density at radius 3 is 2.48 bits per heavy atom. The van der Waals surface area contributed by atoms with E-state index in [2.05, 4.69) is 5.32 Å². The van der Waals surface area contributed by atoms with Crippen LogP contribution in [0.3, 0.4) is 0 Å². The van der Waals surface area contributed by atoms with Crippen LogP contribution in [-0.4, -0.2) is 29.7 Å². The molecule has 1 aliphatic carbocycles. The summed E-state index contributed by atoms with van der Waals surface area (Å²) < 4.78 is 5.47. The average molecular weight is 312 g/mol. The number of carbonyl (C=O) groups is 2. The fourth-order valence-corrected chi connectivity index (χ4v) is 2.52. The maximum atomic E-state index is 11.8. The SMILES string of the molecule is O=C(COC1CCCC1)NC(C(=O)O)c1ccc(Cl)cc1. The third-order valence-corrected chi connectivity index (χ3v) is 3.76. The first-order valence-electron chi connectivity index (χ1n) is 6.95. The van der Waals surface area contributed by atoms with Gasteiger partial charge in [0.25, 0.3) is 0 Å². The maximum absolute atomic E-state index is 11.8. The van der Waals surface area contributed by atoms with Crippen LogP contribution in [0.2, 0.25) is 5.02 Å². The van der Waals surface area contributed by atoms with Crippen molar-refractivity contribution in [1.82, 2.24) is 5.32 Å². The first-order valence-corrected chi connectivity index (χ1v) is 7.33. The normalized spacial score (nSPS) is 16.6. The van der Waals surface area contributed by atoms with Gasteiger partial charge in [-0.05, 0) is 30.5 Å². The van der Waals surface area contributed by atoms with E-state index in [1.54, 1.807) is 24.3 Å². The van der Waals surface area contributed by atoms with Gasteiger partial charge >= 0.3 is 5.97 Å². The van der Waals surface area contributed by atoms with E-state index in [0.29, 0.717) is 10.6 Å². The summed E-state index contributed by atoms with van der Waals surface area (Å²) in [5.41, 5.74) is 0.473. The Kier molecular flexibility index (Phi) is 5.59. The van der Waals surface area contributed by atoms with E-state index in [1.807, 2.05) is 0 Å². The Balaban J connectivity index is 1.91. The number of ether oxygens (including phenoxy) is 1. The molecule has 1 amide bonds. The van der Waals surface area contributed by atoms with Crippen molar-refractivity contribution < 1.29 is 19.4 Å². The van der Waals surface area contributed by atoms with Gasteiger partial charge in [0.1, 0.15) is 6.61 Å². The van der Waals surface area contributed by atoms with Crippen molar-refractivity contribution in [3.8, 4) is 0 Å². The topological polar surface area (TPSA) is 75.6 Å². The second-order valence-electron chi connectivity index (χ2n) is 5.11. The zero-order valence-electron chi connectivity index (χ0n) is 11.5. The van der Waals surface area contributed by atoms with Crippen molar-refractivity contribution in [3.05, 3.63) is 34.9 Å². The van der Waals surface area contributed by atoms with E-state index in [4.69, 9.17) is 16.3 Å². The lowest BCUT2D eigenvalue weighted by Gasteiger charge is -2.16. The smallest absolute Gasteiger partial charge is 0.330 e. The highest BCUT2D eigenvalue weighted by molar-refractivity contribution is 6.30. The molecule has 1 aromatic rings. The number of carboxylic acid groups (broad SMARTS) is 1. The van der Waals surface area contributed by atoms with Crippen LogP contribution in [-0.2, 0) is 14.3 Å². The van der Waals surface area contributed by atoms with Crippen molar-refractivity contribution in [2.75, 3.05) is 6.61 Å². The number of carboxylic acids is 1. The van der Waals surface area contributed by atoms with Gasteiger partial charge in [0.05, 0.1) is 6.10 Å². The number of rotatable bonds is 6. The average Bonchev–Trinajstić information content (AvgIpc) is 2.97. The maximum Gasteiger partial charge on any atom is 0.330 e. The van der Waals surface area contributed by atoms with Crippen molar-refractivity contribution in [3.63, 3.8) is 0 Å². The Morgan fingerprint density at radius 2 is 1.90 bits per heavy atom. The van der Waals surface area contributed by atoms with Crippen LogP contribution in [0.4, 0.5) is 0 Å². The van der Waals surface area contributed by atoms with E-state index >= 15 is 0 Å². The number of hydrogen-bond donors (Lipinski definition) is 2. The number of benzene rings is 1. The van der Waals surface area contributed by atoms with Crippen LogP contribution >= 0.6 is 11.6 Å². The second kappa shape index (κ2) is 7.43. The lowest BCUT2D eigenvalue weighted by atomic mass is 10.1. The molecule has 1 aliphatic rings. The largest absolute Gasteiger partial charge is 0.479 e. The minimum atomic E-state index is -1.12. The first-order chi connectivity index (χ1) is 10.1. The summed E-state index contributed by atoms with van der Waals surface area (Å²) >= 11 is 5.77. The highest BCUT2D eigenvalue weighted by Crippen LogP contribution is 2.21. The van der Waals surface area contributed by atoms with Crippen LogP contribution in [0.25, 0.3) is 0 Å². The number of halogens is 1. The van der Waals surface area contributed by atoms with E-state index in [1.165, 1.54) is 0 Å². The molecule has 6 heteroatoms. The Bertz CT molecular complexity index is 497. The third kappa shape index (κ3) is 4.72. The lowest BCUT2D eigenvalue weighted by molar-refractivity contribution is -0.143. The van der Waals surface area contributed by atoms with Gasteiger partial charge in [-0.3, -0.25) is 4.79 Å². The Labute approximate surface area is 128 Å². The number of aliphatic carboxylic acids is 1. The molecule has 2 rings (SSSR count). The Hall–Kier alpha value is -1.59. The molecular formula is C15H18ClNO4. The van der Waals surface area contributed by atoms with E-state index < -0.39 is 17.9 Å². The van der Waals surface area contributed by atoms with Gasteiger partial charge in [-0.2, -0.15) is 0 Å².